The highest BCUT2D eigenvalue weighted by Gasteiger charge is 2.16. The first-order chi connectivity index (χ1) is 9.29. The number of hydrogen-bond acceptors (Lipinski definition) is 3. The summed E-state index contributed by atoms with van der Waals surface area (Å²) in [5, 5.41) is 5.86. The second-order valence-corrected chi connectivity index (χ2v) is 4.45. The molecule has 1 aromatic heterocycles. The zero-order chi connectivity index (χ0) is 13.5. The van der Waals surface area contributed by atoms with Crippen molar-refractivity contribution >= 4 is 11.9 Å². The highest BCUT2D eigenvalue weighted by molar-refractivity contribution is 5.86. The molecule has 2 heterocycles. The number of likely N-dealkylation sites (tertiary alicyclic amines) is 1. The van der Waals surface area contributed by atoms with Gasteiger partial charge in [-0.2, -0.15) is 0 Å². The molecule has 0 radical (unpaired) electrons. The molecule has 0 atom stereocenters. The molecule has 6 heteroatoms. The van der Waals surface area contributed by atoms with Gasteiger partial charge in [0, 0.05) is 20.1 Å². The lowest BCUT2D eigenvalue weighted by Crippen LogP contribution is -2.44. The van der Waals surface area contributed by atoms with Gasteiger partial charge >= 0.3 is 0 Å². The molecule has 0 aromatic carbocycles. The van der Waals surface area contributed by atoms with Crippen LogP contribution in [-0.4, -0.2) is 43.4 Å². The fourth-order valence-electron chi connectivity index (χ4n) is 2.08. The lowest BCUT2D eigenvalue weighted by Gasteiger charge is -2.20. The van der Waals surface area contributed by atoms with E-state index in [1.54, 1.807) is 19.4 Å². The van der Waals surface area contributed by atoms with E-state index in [2.05, 4.69) is 20.5 Å². The number of carbonyl (C=O) groups is 1. The van der Waals surface area contributed by atoms with Crippen LogP contribution in [0.5, 0.6) is 0 Å². The van der Waals surface area contributed by atoms with Crippen molar-refractivity contribution < 1.29 is 9.21 Å². The summed E-state index contributed by atoms with van der Waals surface area (Å²) in [6.07, 6.45) is 3.96. The molecule has 1 aromatic rings. The molecule has 6 nitrogen and oxygen atoms in total. The Morgan fingerprint density at radius 3 is 2.84 bits per heavy atom. The Hall–Kier alpha value is -1.98. The van der Waals surface area contributed by atoms with Crippen LogP contribution in [0.2, 0.25) is 0 Å². The molecule has 1 aliphatic rings. The zero-order valence-electron chi connectivity index (χ0n) is 11.2. The summed E-state index contributed by atoms with van der Waals surface area (Å²) in [5.74, 6) is 1.47. The molecule has 2 N–H and O–H groups in total. The van der Waals surface area contributed by atoms with Crippen LogP contribution in [0.25, 0.3) is 0 Å². The van der Waals surface area contributed by atoms with E-state index in [9.17, 15) is 4.79 Å². The third-order valence-corrected chi connectivity index (χ3v) is 3.06. The predicted molar refractivity (Wildman–Crippen MR) is 72.7 cm³/mol. The Labute approximate surface area is 112 Å². The van der Waals surface area contributed by atoms with E-state index in [4.69, 9.17) is 4.42 Å². The number of rotatable bonds is 4. The minimum atomic E-state index is -0.0725. The van der Waals surface area contributed by atoms with Gasteiger partial charge in [0.2, 0.25) is 5.91 Å². The average Bonchev–Trinajstić information content (AvgIpc) is 3.10. The van der Waals surface area contributed by atoms with Crippen molar-refractivity contribution in [1.29, 1.82) is 0 Å². The molecular formula is C13H20N4O2. The molecule has 1 saturated heterocycles. The Kier molecular flexibility index (Phi) is 4.83. The molecule has 0 unspecified atom stereocenters. The lowest BCUT2D eigenvalue weighted by molar-refractivity contribution is -0.120. The summed E-state index contributed by atoms with van der Waals surface area (Å²) in [6, 6.07) is 3.63. The van der Waals surface area contributed by atoms with Gasteiger partial charge < -0.3 is 20.0 Å². The van der Waals surface area contributed by atoms with Crippen LogP contribution in [0.3, 0.4) is 0 Å². The molecule has 0 spiro atoms. The van der Waals surface area contributed by atoms with Gasteiger partial charge in [-0.25, -0.2) is 0 Å². The summed E-state index contributed by atoms with van der Waals surface area (Å²) in [7, 11) is 1.74. The highest BCUT2D eigenvalue weighted by Crippen LogP contribution is 2.06. The second kappa shape index (κ2) is 6.82. The van der Waals surface area contributed by atoms with Crippen molar-refractivity contribution in [2.24, 2.45) is 4.99 Å². The standard InChI is InChI=1S/C13H20N4O2/c1-14-13(17-6-2-3-7-17)16-10-12(18)15-9-11-5-4-8-19-11/h4-5,8H,2-3,6-7,9-10H2,1H3,(H,14,16)(H,15,18). The van der Waals surface area contributed by atoms with E-state index in [0.717, 1.165) is 24.8 Å². The minimum absolute atomic E-state index is 0.0725. The van der Waals surface area contributed by atoms with Crippen molar-refractivity contribution in [2.45, 2.75) is 19.4 Å². The van der Waals surface area contributed by atoms with Gasteiger partial charge in [0.1, 0.15) is 5.76 Å². The number of nitrogens with one attached hydrogen (secondary N) is 2. The van der Waals surface area contributed by atoms with E-state index < -0.39 is 0 Å². The number of aliphatic imine (C=N–C) groups is 1. The summed E-state index contributed by atoms with van der Waals surface area (Å²) >= 11 is 0. The normalized spacial score (nSPS) is 15.6. The van der Waals surface area contributed by atoms with E-state index in [0.29, 0.717) is 6.54 Å². The van der Waals surface area contributed by atoms with Gasteiger partial charge in [-0.15, -0.1) is 0 Å². The SMILES string of the molecule is CN=C(NCC(=O)NCc1ccco1)N1CCCC1. The smallest absolute Gasteiger partial charge is 0.239 e. The molecular weight excluding hydrogens is 244 g/mol. The van der Waals surface area contributed by atoms with Crippen molar-refractivity contribution in [3.8, 4) is 0 Å². The fourth-order valence-corrected chi connectivity index (χ4v) is 2.08. The number of guanidine groups is 1. The first-order valence-corrected chi connectivity index (χ1v) is 6.54. The topological polar surface area (TPSA) is 69.9 Å². The minimum Gasteiger partial charge on any atom is -0.467 e. The molecule has 1 fully saturated rings. The molecule has 19 heavy (non-hydrogen) atoms. The molecule has 1 aliphatic heterocycles. The van der Waals surface area contributed by atoms with Gasteiger partial charge in [-0.05, 0) is 25.0 Å². The summed E-state index contributed by atoms with van der Waals surface area (Å²) < 4.78 is 5.14. The molecule has 0 aliphatic carbocycles. The van der Waals surface area contributed by atoms with Crippen LogP contribution >= 0.6 is 0 Å². The van der Waals surface area contributed by atoms with Gasteiger partial charge in [0.05, 0.1) is 19.4 Å². The second-order valence-electron chi connectivity index (χ2n) is 4.45. The third-order valence-electron chi connectivity index (χ3n) is 3.06. The van der Waals surface area contributed by atoms with Gasteiger partial charge in [-0.3, -0.25) is 9.79 Å². The summed E-state index contributed by atoms with van der Waals surface area (Å²) in [4.78, 5) is 18.0. The number of furan rings is 1. The number of amides is 1. The van der Waals surface area contributed by atoms with Crippen molar-refractivity contribution in [3.63, 3.8) is 0 Å². The largest absolute Gasteiger partial charge is 0.467 e. The molecule has 2 rings (SSSR count). The third kappa shape index (κ3) is 4.01. The van der Waals surface area contributed by atoms with Crippen LogP contribution in [0.1, 0.15) is 18.6 Å². The van der Waals surface area contributed by atoms with Gasteiger partial charge in [0.25, 0.3) is 0 Å². The molecule has 0 bridgehead atoms. The van der Waals surface area contributed by atoms with Crippen LogP contribution in [0.15, 0.2) is 27.8 Å². The summed E-state index contributed by atoms with van der Waals surface area (Å²) in [6.45, 7) is 2.65. The van der Waals surface area contributed by atoms with Crippen molar-refractivity contribution in [3.05, 3.63) is 24.2 Å². The Morgan fingerprint density at radius 2 is 2.21 bits per heavy atom. The first-order valence-electron chi connectivity index (χ1n) is 6.54. The Balaban J connectivity index is 1.70. The quantitative estimate of drug-likeness (QED) is 0.616. The van der Waals surface area contributed by atoms with E-state index in [1.807, 2.05) is 6.07 Å². The van der Waals surface area contributed by atoms with Gasteiger partial charge in [0.15, 0.2) is 5.96 Å². The van der Waals surface area contributed by atoms with Crippen molar-refractivity contribution in [1.82, 2.24) is 15.5 Å². The Morgan fingerprint density at radius 1 is 1.42 bits per heavy atom. The monoisotopic (exact) mass is 264 g/mol. The van der Waals surface area contributed by atoms with Crippen LogP contribution < -0.4 is 10.6 Å². The maximum Gasteiger partial charge on any atom is 0.239 e. The van der Waals surface area contributed by atoms with Crippen LogP contribution in [0.4, 0.5) is 0 Å². The average molecular weight is 264 g/mol. The van der Waals surface area contributed by atoms with E-state index in [-0.39, 0.29) is 12.5 Å². The lowest BCUT2D eigenvalue weighted by atomic mass is 10.4. The number of nitrogens with zero attached hydrogens (tertiary/aromatic N) is 2. The Bertz CT molecular complexity index is 422. The van der Waals surface area contributed by atoms with Crippen molar-refractivity contribution in [2.75, 3.05) is 26.7 Å². The maximum atomic E-state index is 11.7. The summed E-state index contributed by atoms with van der Waals surface area (Å²) in [5.41, 5.74) is 0. The molecule has 104 valence electrons. The number of carbonyl (C=O) groups excluding carboxylic acids is 1. The maximum absolute atomic E-state index is 11.7. The van der Waals surface area contributed by atoms with E-state index in [1.165, 1.54) is 12.8 Å². The number of hydrogen-bond donors (Lipinski definition) is 2. The van der Waals surface area contributed by atoms with Gasteiger partial charge in [-0.1, -0.05) is 0 Å². The highest BCUT2D eigenvalue weighted by atomic mass is 16.3. The first kappa shape index (κ1) is 13.5. The predicted octanol–water partition coefficient (Wildman–Crippen LogP) is 0.567. The van der Waals surface area contributed by atoms with E-state index >= 15 is 0 Å². The zero-order valence-corrected chi connectivity index (χ0v) is 11.2. The fraction of sp³-hybridized carbons (Fsp3) is 0.538. The van der Waals surface area contributed by atoms with Crippen LogP contribution in [0, 0.1) is 0 Å². The molecule has 1 amide bonds. The molecule has 0 saturated carbocycles. The van der Waals surface area contributed by atoms with Crippen LogP contribution in [-0.2, 0) is 11.3 Å².